The van der Waals surface area contributed by atoms with E-state index in [1.807, 2.05) is 12.1 Å². The number of benzene rings is 1. The molecule has 2 aromatic rings. The fourth-order valence-corrected chi connectivity index (χ4v) is 3.17. The van der Waals surface area contributed by atoms with Crippen molar-refractivity contribution in [2.24, 2.45) is 0 Å². The third-order valence-corrected chi connectivity index (χ3v) is 4.20. The highest BCUT2D eigenvalue weighted by Crippen LogP contribution is 2.37. The average Bonchev–Trinajstić information content (AvgIpc) is 2.74. The zero-order valence-electron chi connectivity index (χ0n) is 9.66. The molecule has 1 N–H and O–H groups in total. The normalized spacial score (nSPS) is 17.6. The summed E-state index contributed by atoms with van der Waals surface area (Å²) in [6.45, 7) is 0. The molecule has 92 valence electrons. The summed E-state index contributed by atoms with van der Waals surface area (Å²) in [7, 11) is 0. The molecule has 1 aliphatic rings. The minimum atomic E-state index is 0.323. The van der Waals surface area contributed by atoms with Crippen molar-refractivity contribution < 1.29 is 0 Å². The second kappa shape index (κ2) is 4.90. The van der Waals surface area contributed by atoms with E-state index in [1.165, 1.54) is 15.6 Å². The zero-order chi connectivity index (χ0) is 12.5. The van der Waals surface area contributed by atoms with Crippen LogP contribution < -0.4 is 5.32 Å². The van der Waals surface area contributed by atoms with E-state index in [0.717, 1.165) is 18.7 Å². The van der Waals surface area contributed by atoms with Gasteiger partial charge in [-0.1, -0.05) is 45.7 Å². The Morgan fingerprint density at radius 2 is 2.06 bits per heavy atom. The van der Waals surface area contributed by atoms with Crippen LogP contribution in [-0.2, 0) is 6.42 Å². The summed E-state index contributed by atoms with van der Waals surface area (Å²) in [5.41, 5.74) is 2.75. The van der Waals surface area contributed by atoms with E-state index >= 15 is 0 Å². The topological polar surface area (TPSA) is 24.9 Å². The molecule has 1 unspecified atom stereocenters. The highest BCUT2D eigenvalue weighted by Gasteiger charge is 2.23. The molecule has 0 spiro atoms. The quantitative estimate of drug-likeness (QED) is 0.817. The first-order valence-electron chi connectivity index (χ1n) is 5.90. The third kappa shape index (κ3) is 2.25. The van der Waals surface area contributed by atoms with Crippen LogP contribution >= 0.6 is 27.5 Å². The Morgan fingerprint density at radius 1 is 1.22 bits per heavy atom. The first-order chi connectivity index (χ1) is 8.74. The van der Waals surface area contributed by atoms with Crippen LogP contribution in [0.1, 0.15) is 23.6 Å². The van der Waals surface area contributed by atoms with Crippen molar-refractivity contribution in [1.29, 1.82) is 0 Å². The lowest BCUT2D eigenvalue weighted by molar-refractivity contribution is 0.757. The first-order valence-corrected chi connectivity index (χ1v) is 7.07. The summed E-state index contributed by atoms with van der Waals surface area (Å²) in [5.74, 6) is 0.834. The van der Waals surface area contributed by atoms with Gasteiger partial charge in [-0.05, 0) is 42.2 Å². The minimum Gasteiger partial charge on any atom is -0.363 e. The largest absolute Gasteiger partial charge is 0.363 e. The Hall–Kier alpha value is -1.06. The second-order valence-electron chi connectivity index (χ2n) is 4.39. The Morgan fingerprint density at radius 3 is 2.89 bits per heavy atom. The van der Waals surface area contributed by atoms with Gasteiger partial charge in [-0.25, -0.2) is 4.98 Å². The van der Waals surface area contributed by atoms with Gasteiger partial charge in [0.1, 0.15) is 11.0 Å². The summed E-state index contributed by atoms with van der Waals surface area (Å²) in [5, 5.41) is 3.97. The van der Waals surface area contributed by atoms with Crippen molar-refractivity contribution in [1.82, 2.24) is 4.98 Å². The number of nitrogens with one attached hydrogen (secondary N) is 1. The molecule has 3 rings (SSSR count). The van der Waals surface area contributed by atoms with Gasteiger partial charge in [-0.2, -0.15) is 0 Å². The number of hydrogen-bond donors (Lipinski definition) is 1. The number of pyridine rings is 1. The molecule has 0 amide bonds. The molecular formula is C14H12BrClN2. The molecular weight excluding hydrogens is 312 g/mol. The molecule has 1 aromatic heterocycles. The number of hydrogen-bond acceptors (Lipinski definition) is 2. The van der Waals surface area contributed by atoms with Crippen LogP contribution in [0.4, 0.5) is 5.82 Å². The van der Waals surface area contributed by atoms with E-state index in [1.54, 1.807) is 6.07 Å². The van der Waals surface area contributed by atoms with Gasteiger partial charge in [-0.3, -0.25) is 0 Å². The summed E-state index contributed by atoms with van der Waals surface area (Å²) in [6, 6.07) is 12.3. The van der Waals surface area contributed by atoms with Crippen LogP contribution in [0.2, 0.25) is 5.15 Å². The molecule has 0 aliphatic heterocycles. The number of anilines is 1. The number of nitrogens with zero attached hydrogens (tertiary/aromatic N) is 1. The van der Waals surface area contributed by atoms with Gasteiger partial charge in [0, 0.05) is 4.47 Å². The highest BCUT2D eigenvalue weighted by atomic mass is 79.9. The summed E-state index contributed by atoms with van der Waals surface area (Å²) >= 11 is 9.50. The molecule has 1 heterocycles. The summed E-state index contributed by atoms with van der Waals surface area (Å²) in [6.07, 6.45) is 2.18. The monoisotopic (exact) mass is 322 g/mol. The predicted molar refractivity (Wildman–Crippen MR) is 78.1 cm³/mol. The van der Waals surface area contributed by atoms with Gasteiger partial charge < -0.3 is 5.32 Å². The third-order valence-electron chi connectivity index (χ3n) is 3.25. The van der Waals surface area contributed by atoms with Gasteiger partial charge in [0.25, 0.3) is 0 Å². The predicted octanol–water partition coefficient (Wildman–Crippen LogP) is 4.60. The minimum absolute atomic E-state index is 0.323. The lowest BCUT2D eigenvalue weighted by Crippen LogP contribution is -2.08. The van der Waals surface area contributed by atoms with Crippen LogP contribution in [0.15, 0.2) is 40.9 Å². The second-order valence-corrected chi connectivity index (χ2v) is 5.63. The Kier molecular flexibility index (Phi) is 3.27. The molecule has 2 nitrogen and oxygen atoms in total. The summed E-state index contributed by atoms with van der Waals surface area (Å²) < 4.78 is 1.20. The Balaban J connectivity index is 1.87. The maximum absolute atomic E-state index is 5.90. The molecule has 4 heteroatoms. The maximum atomic E-state index is 5.90. The lowest BCUT2D eigenvalue weighted by Gasteiger charge is -2.15. The van der Waals surface area contributed by atoms with Crippen molar-refractivity contribution in [2.75, 3.05) is 5.32 Å². The zero-order valence-corrected chi connectivity index (χ0v) is 12.0. The van der Waals surface area contributed by atoms with Crippen molar-refractivity contribution in [2.45, 2.75) is 18.9 Å². The van der Waals surface area contributed by atoms with Crippen LogP contribution in [-0.4, -0.2) is 4.98 Å². The van der Waals surface area contributed by atoms with Crippen LogP contribution in [0.5, 0.6) is 0 Å². The molecule has 0 fully saturated rings. The van der Waals surface area contributed by atoms with Gasteiger partial charge in [0.05, 0.1) is 6.04 Å². The first kappa shape index (κ1) is 12.0. The molecule has 0 radical (unpaired) electrons. The molecule has 1 atom stereocenters. The fraction of sp³-hybridized carbons (Fsp3) is 0.214. The number of halogens is 2. The van der Waals surface area contributed by atoms with E-state index in [9.17, 15) is 0 Å². The van der Waals surface area contributed by atoms with Gasteiger partial charge in [-0.15, -0.1) is 0 Å². The van der Waals surface area contributed by atoms with E-state index in [-0.39, 0.29) is 0 Å². The van der Waals surface area contributed by atoms with Crippen molar-refractivity contribution in [3.63, 3.8) is 0 Å². The number of fused-ring (bicyclic) bond motifs is 1. The molecule has 1 aromatic carbocycles. The van der Waals surface area contributed by atoms with Crippen LogP contribution in [0.25, 0.3) is 0 Å². The number of aromatic nitrogens is 1. The molecule has 18 heavy (non-hydrogen) atoms. The fourth-order valence-electron chi connectivity index (χ4n) is 2.43. The van der Waals surface area contributed by atoms with Crippen molar-refractivity contribution >= 4 is 33.3 Å². The molecule has 0 bridgehead atoms. The Bertz CT molecular complexity index is 586. The smallest absolute Gasteiger partial charge is 0.131 e. The van der Waals surface area contributed by atoms with Gasteiger partial charge >= 0.3 is 0 Å². The lowest BCUT2D eigenvalue weighted by atomic mass is 10.1. The van der Waals surface area contributed by atoms with E-state index < -0.39 is 0 Å². The van der Waals surface area contributed by atoms with Gasteiger partial charge in [0.2, 0.25) is 0 Å². The maximum Gasteiger partial charge on any atom is 0.131 e. The van der Waals surface area contributed by atoms with E-state index in [0.29, 0.717) is 11.2 Å². The van der Waals surface area contributed by atoms with Crippen LogP contribution in [0, 0.1) is 0 Å². The Labute approximate surface area is 120 Å². The SMILES string of the molecule is Clc1cccc(NC2CCc3c(Br)cccc32)n1. The van der Waals surface area contributed by atoms with Gasteiger partial charge in [0.15, 0.2) is 0 Å². The van der Waals surface area contributed by atoms with Crippen molar-refractivity contribution in [3.05, 3.63) is 57.2 Å². The highest BCUT2D eigenvalue weighted by molar-refractivity contribution is 9.10. The average molecular weight is 324 g/mol. The van der Waals surface area contributed by atoms with E-state index in [4.69, 9.17) is 11.6 Å². The number of rotatable bonds is 2. The molecule has 0 saturated carbocycles. The van der Waals surface area contributed by atoms with E-state index in [2.05, 4.69) is 44.4 Å². The molecule has 0 saturated heterocycles. The molecule has 1 aliphatic carbocycles. The summed E-state index contributed by atoms with van der Waals surface area (Å²) in [4.78, 5) is 4.27. The standard InChI is InChI=1S/C14H12BrClN2/c15-11-4-1-3-10-9(11)7-8-12(10)17-14-6-2-5-13(16)18-14/h1-6,12H,7-8H2,(H,17,18). The van der Waals surface area contributed by atoms with Crippen LogP contribution in [0.3, 0.4) is 0 Å². The van der Waals surface area contributed by atoms with Crippen molar-refractivity contribution in [3.8, 4) is 0 Å².